The summed E-state index contributed by atoms with van der Waals surface area (Å²) in [5, 5.41) is 0. The summed E-state index contributed by atoms with van der Waals surface area (Å²) in [6, 6.07) is 5.42. The van der Waals surface area contributed by atoms with Gasteiger partial charge in [-0.1, -0.05) is 0 Å². The van der Waals surface area contributed by atoms with E-state index in [0.29, 0.717) is 22.7 Å². The summed E-state index contributed by atoms with van der Waals surface area (Å²) in [5.74, 6) is 0.723. The molecule has 0 aliphatic carbocycles. The molecule has 0 spiro atoms. The van der Waals surface area contributed by atoms with Gasteiger partial charge >= 0.3 is 0 Å². The van der Waals surface area contributed by atoms with Crippen molar-refractivity contribution in [1.29, 1.82) is 0 Å². The van der Waals surface area contributed by atoms with E-state index in [1.807, 2.05) is 19.1 Å². The minimum absolute atomic E-state index is 0.0537. The van der Waals surface area contributed by atoms with E-state index in [1.54, 1.807) is 24.7 Å². The molecule has 1 aliphatic rings. The van der Waals surface area contributed by atoms with Crippen LogP contribution in [0.2, 0.25) is 0 Å². The van der Waals surface area contributed by atoms with Gasteiger partial charge in [-0.05, 0) is 25.1 Å². The molecule has 0 N–H and O–H groups in total. The molecule has 0 radical (unpaired) electrons. The van der Waals surface area contributed by atoms with E-state index in [-0.39, 0.29) is 18.8 Å². The zero-order chi connectivity index (χ0) is 13.9. The van der Waals surface area contributed by atoms with Gasteiger partial charge in [-0.2, -0.15) is 0 Å². The van der Waals surface area contributed by atoms with Crippen LogP contribution in [-0.2, 0) is 0 Å². The zero-order valence-electron chi connectivity index (χ0n) is 11.0. The number of nitrogens with zero attached hydrogens (tertiary/aromatic N) is 3. The monoisotopic (exact) mass is 267 g/mol. The summed E-state index contributed by atoms with van der Waals surface area (Å²) in [7, 11) is 0. The normalized spacial score (nSPS) is 13.7. The van der Waals surface area contributed by atoms with Gasteiger partial charge in [-0.15, -0.1) is 0 Å². The topological polar surface area (TPSA) is 64.4 Å². The summed E-state index contributed by atoms with van der Waals surface area (Å²) < 4.78 is 5.60. The van der Waals surface area contributed by atoms with Gasteiger partial charge in [0.15, 0.2) is 5.78 Å². The van der Waals surface area contributed by atoms with Gasteiger partial charge in [-0.25, -0.2) is 0 Å². The van der Waals surface area contributed by atoms with E-state index in [4.69, 9.17) is 4.74 Å². The van der Waals surface area contributed by atoms with Crippen LogP contribution in [0.25, 0.3) is 0 Å². The maximum Gasteiger partial charge on any atom is 0.170 e. The van der Waals surface area contributed by atoms with Gasteiger partial charge < -0.3 is 4.74 Å². The molecule has 5 nitrogen and oxygen atoms in total. The number of carbonyl (C=O) groups excluding carboxylic acids is 1. The van der Waals surface area contributed by atoms with E-state index in [9.17, 15) is 4.79 Å². The molecule has 3 rings (SSSR count). The summed E-state index contributed by atoms with van der Waals surface area (Å²) >= 11 is 0. The molecule has 20 heavy (non-hydrogen) atoms. The Morgan fingerprint density at radius 2 is 2.15 bits per heavy atom. The van der Waals surface area contributed by atoms with Gasteiger partial charge in [0.2, 0.25) is 0 Å². The van der Waals surface area contributed by atoms with E-state index in [0.717, 1.165) is 5.69 Å². The fourth-order valence-electron chi connectivity index (χ4n) is 1.99. The molecule has 0 amide bonds. The molecule has 0 saturated heterocycles. The number of hydrogen-bond acceptors (Lipinski definition) is 5. The number of fused-ring (bicyclic) bond motifs is 1. The average molecular weight is 267 g/mol. The molecule has 0 unspecified atom stereocenters. The van der Waals surface area contributed by atoms with Crippen LogP contribution in [0, 0.1) is 6.92 Å². The predicted octanol–water partition coefficient (Wildman–Crippen LogP) is 2.52. The Balaban J connectivity index is 1.74. The Bertz CT molecular complexity index is 678. The molecule has 100 valence electrons. The largest absolute Gasteiger partial charge is 0.486 e. The summed E-state index contributed by atoms with van der Waals surface area (Å²) in [6.07, 6.45) is 5.15. The van der Waals surface area contributed by atoms with Crippen LogP contribution in [0.3, 0.4) is 0 Å². The molecule has 3 heterocycles. The van der Waals surface area contributed by atoms with Crippen LogP contribution in [0.15, 0.2) is 41.8 Å². The van der Waals surface area contributed by atoms with Crippen LogP contribution in [0.4, 0.5) is 5.69 Å². The first-order valence-electron chi connectivity index (χ1n) is 6.31. The first-order valence-corrected chi connectivity index (χ1v) is 6.31. The third-order valence-corrected chi connectivity index (χ3v) is 3.03. The quantitative estimate of drug-likeness (QED) is 0.857. The second-order valence-corrected chi connectivity index (χ2v) is 4.59. The van der Waals surface area contributed by atoms with Crippen LogP contribution in [0.1, 0.15) is 22.5 Å². The van der Waals surface area contributed by atoms with Crippen molar-refractivity contribution in [1.82, 2.24) is 9.97 Å². The Kier molecular flexibility index (Phi) is 3.25. The van der Waals surface area contributed by atoms with Gasteiger partial charge in [-0.3, -0.25) is 19.8 Å². The van der Waals surface area contributed by atoms with Gasteiger partial charge in [0, 0.05) is 17.5 Å². The molecule has 0 bridgehead atoms. The Morgan fingerprint density at radius 3 is 2.95 bits per heavy atom. The molecule has 0 fully saturated rings. The lowest BCUT2D eigenvalue weighted by atomic mass is 10.0. The van der Waals surface area contributed by atoms with Crippen molar-refractivity contribution in [3.8, 4) is 5.75 Å². The number of pyridine rings is 2. The van der Waals surface area contributed by atoms with Crippen LogP contribution >= 0.6 is 0 Å². The highest BCUT2D eigenvalue weighted by atomic mass is 16.5. The number of carbonyl (C=O) groups is 1. The van der Waals surface area contributed by atoms with Gasteiger partial charge in [0.25, 0.3) is 0 Å². The molecular formula is C15H13N3O2. The number of aromatic nitrogens is 2. The number of aryl methyl sites for hydroxylation is 1. The molecule has 0 atom stereocenters. The van der Waals surface area contributed by atoms with Crippen molar-refractivity contribution in [2.24, 2.45) is 4.99 Å². The smallest absolute Gasteiger partial charge is 0.170 e. The van der Waals surface area contributed by atoms with Crippen molar-refractivity contribution in [3.05, 3.63) is 48.0 Å². The van der Waals surface area contributed by atoms with E-state index in [2.05, 4.69) is 15.0 Å². The number of hydrogen-bond donors (Lipinski definition) is 0. The molecule has 5 heteroatoms. The molecule has 2 aromatic rings. The maximum atomic E-state index is 12.0. The average Bonchev–Trinajstić information content (AvgIpc) is 2.47. The highest BCUT2D eigenvalue weighted by molar-refractivity contribution is 6.16. The number of Topliss-reactive ketones (excluding diaryl/α,β-unsaturated/α-hetero) is 1. The maximum absolute atomic E-state index is 12.0. The number of aliphatic imine (C=N–C) groups is 1. The number of rotatable bonds is 3. The lowest BCUT2D eigenvalue weighted by Gasteiger charge is -2.14. The first-order chi connectivity index (χ1) is 9.72. The first kappa shape index (κ1) is 12.5. The van der Waals surface area contributed by atoms with Crippen molar-refractivity contribution >= 4 is 17.2 Å². The molecular weight excluding hydrogens is 254 g/mol. The Hall–Kier alpha value is -2.56. The lowest BCUT2D eigenvalue weighted by Crippen LogP contribution is -2.19. The highest BCUT2D eigenvalue weighted by Gasteiger charge is 2.20. The fourth-order valence-corrected chi connectivity index (χ4v) is 1.99. The third kappa shape index (κ3) is 2.56. The Labute approximate surface area is 116 Å². The van der Waals surface area contributed by atoms with Crippen molar-refractivity contribution in [2.45, 2.75) is 13.3 Å². The second-order valence-electron chi connectivity index (χ2n) is 4.59. The number of ketones is 1. The predicted molar refractivity (Wildman–Crippen MR) is 74.7 cm³/mol. The zero-order valence-corrected chi connectivity index (χ0v) is 11.0. The van der Waals surface area contributed by atoms with Gasteiger partial charge in [0.05, 0.1) is 30.2 Å². The molecule has 2 aromatic heterocycles. The fraction of sp³-hybridized carbons (Fsp3) is 0.200. The minimum Gasteiger partial charge on any atom is -0.486 e. The molecule has 0 aromatic carbocycles. The molecule has 1 aliphatic heterocycles. The van der Waals surface area contributed by atoms with Crippen molar-refractivity contribution in [3.63, 3.8) is 0 Å². The van der Waals surface area contributed by atoms with E-state index < -0.39 is 0 Å². The standard InChI is InChI=1S/C15H13N3O2/c1-10-2-3-12(7-17-10)20-9-11-6-15(19)13-4-5-16-8-14(13)18-11/h2-5,7-8H,6,9H2,1H3. The Morgan fingerprint density at radius 1 is 1.25 bits per heavy atom. The third-order valence-electron chi connectivity index (χ3n) is 3.03. The van der Waals surface area contributed by atoms with Crippen molar-refractivity contribution < 1.29 is 9.53 Å². The summed E-state index contributed by atoms with van der Waals surface area (Å²) in [4.78, 5) is 24.5. The SMILES string of the molecule is Cc1ccc(OCC2=Nc3cnccc3C(=O)C2)cn1. The van der Waals surface area contributed by atoms with Crippen LogP contribution in [0.5, 0.6) is 5.75 Å². The van der Waals surface area contributed by atoms with E-state index >= 15 is 0 Å². The highest BCUT2D eigenvalue weighted by Crippen LogP contribution is 2.24. The summed E-state index contributed by atoms with van der Waals surface area (Å²) in [6.45, 7) is 2.20. The lowest BCUT2D eigenvalue weighted by molar-refractivity contribution is 0.0998. The van der Waals surface area contributed by atoms with E-state index in [1.165, 1.54) is 0 Å². The summed E-state index contributed by atoms with van der Waals surface area (Å²) in [5.41, 5.74) is 2.88. The minimum atomic E-state index is 0.0537. The van der Waals surface area contributed by atoms with Crippen LogP contribution < -0.4 is 4.74 Å². The second kappa shape index (κ2) is 5.21. The van der Waals surface area contributed by atoms with Gasteiger partial charge in [0.1, 0.15) is 12.4 Å². The molecule has 0 saturated carbocycles. The van der Waals surface area contributed by atoms with Crippen molar-refractivity contribution in [2.75, 3.05) is 6.61 Å². The van der Waals surface area contributed by atoms with Crippen LogP contribution in [-0.4, -0.2) is 28.1 Å². The number of ether oxygens (including phenoxy) is 1.